The number of carbonyl (C=O) groups is 1. The first-order valence-electron chi connectivity index (χ1n) is 12.4. The van der Waals surface area contributed by atoms with Crippen LogP contribution >= 0.6 is 0 Å². The molecule has 4 rings (SSSR count). The summed E-state index contributed by atoms with van der Waals surface area (Å²) in [7, 11) is 0. The highest BCUT2D eigenvalue weighted by molar-refractivity contribution is 5.74. The third-order valence-electron chi connectivity index (χ3n) is 9.08. The maximum atomic E-state index is 11.8. The number of carbonyl (C=O) groups excluding carboxylic acids is 1. The molecule has 0 spiro atoms. The van der Waals surface area contributed by atoms with E-state index in [-0.39, 0.29) is 23.4 Å². The van der Waals surface area contributed by atoms with E-state index >= 15 is 0 Å². The minimum atomic E-state index is -1.16. The van der Waals surface area contributed by atoms with Gasteiger partial charge in [0.1, 0.15) is 18.3 Å². The van der Waals surface area contributed by atoms with Gasteiger partial charge in [-0.25, -0.2) is 0 Å². The molecule has 5 heteroatoms. The first kappa shape index (κ1) is 23.7. The van der Waals surface area contributed by atoms with E-state index in [1.54, 1.807) is 0 Å². The van der Waals surface area contributed by atoms with Crippen molar-refractivity contribution in [1.29, 1.82) is 0 Å². The van der Waals surface area contributed by atoms with Gasteiger partial charge in [-0.2, -0.15) is 0 Å². The Labute approximate surface area is 192 Å². The second-order valence-corrected chi connectivity index (χ2v) is 11.2. The van der Waals surface area contributed by atoms with E-state index in [1.807, 2.05) is 13.0 Å². The topological polar surface area (TPSA) is 87.0 Å². The Balaban J connectivity index is 1.47. The summed E-state index contributed by atoms with van der Waals surface area (Å²) in [5.74, 6) is 1.69. The van der Waals surface area contributed by atoms with Gasteiger partial charge in [0, 0.05) is 6.42 Å². The number of aliphatic hydroxyl groups excluding tert-OH is 3. The molecule has 4 unspecified atom stereocenters. The van der Waals surface area contributed by atoms with Crippen LogP contribution in [0.2, 0.25) is 0 Å². The van der Waals surface area contributed by atoms with Crippen molar-refractivity contribution in [3.63, 3.8) is 0 Å². The zero-order valence-corrected chi connectivity index (χ0v) is 19.8. The summed E-state index contributed by atoms with van der Waals surface area (Å²) < 4.78 is 5.61. The molecule has 3 saturated carbocycles. The summed E-state index contributed by atoms with van der Waals surface area (Å²) in [5, 5.41) is 30.1. The van der Waals surface area contributed by atoms with E-state index in [1.165, 1.54) is 31.3 Å². The lowest BCUT2D eigenvalue weighted by atomic mass is 9.60. The molecule has 3 aliphatic carbocycles. The van der Waals surface area contributed by atoms with Crippen LogP contribution in [-0.4, -0.2) is 45.7 Å². The molecule has 0 bridgehead atoms. The van der Waals surface area contributed by atoms with Gasteiger partial charge in [0.25, 0.3) is 0 Å². The minimum Gasteiger partial charge on any atom is -0.462 e. The number of allylic oxidation sites excluding steroid dienone is 3. The number of cyclic esters (lactones) is 1. The molecule has 5 nitrogen and oxygen atoms in total. The minimum absolute atomic E-state index is 0.0315. The van der Waals surface area contributed by atoms with Crippen LogP contribution < -0.4 is 0 Å². The summed E-state index contributed by atoms with van der Waals surface area (Å²) in [6, 6.07) is 0. The fourth-order valence-corrected chi connectivity index (χ4v) is 7.22. The van der Waals surface area contributed by atoms with Crippen LogP contribution in [0.4, 0.5) is 0 Å². The average Bonchev–Trinajstić information content (AvgIpc) is 3.26. The van der Waals surface area contributed by atoms with E-state index in [0.29, 0.717) is 29.7 Å². The van der Waals surface area contributed by atoms with E-state index in [2.05, 4.69) is 26.5 Å². The molecule has 0 aromatic rings. The van der Waals surface area contributed by atoms with Crippen LogP contribution in [0.1, 0.15) is 72.1 Å². The molecule has 0 aromatic heterocycles. The van der Waals surface area contributed by atoms with Crippen LogP contribution in [0.15, 0.2) is 35.5 Å². The van der Waals surface area contributed by atoms with Gasteiger partial charge in [0.05, 0.1) is 12.0 Å². The highest BCUT2D eigenvalue weighted by Gasteiger charge is 2.51. The number of esters is 1. The zero-order valence-electron chi connectivity index (χ0n) is 19.8. The molecule has 4 fully saturated rings. The molecule has 0 radical (unpaired) electrons. The molecule has 178 valence electrons. The molecule has 1 heterocycles. The van der Waals surface area contributed by atoms with Gasteiger partial charge in [-0.15, -0.1) is 0 Å². The van der Waals surface area contributed by atoms with Crippen LogP contribution in [0.5, 0.6) is 0 Å². The van der Waals surface area contributed by atoms with Gasteiger partial charge in [-0.1, -0.05) is 45.1 Å². The molecule has 3 N–H and O–H groups in total. The molecular weight excluding hydrogens is 404 g/mol. The molecular formula is C27H40O5. The number of hydrogen-bond donors (Lipinski definition) is 3. The third-order valence-corrected chi connectivity index (χ3v) is 9.08. The predicted octanol–water partition coefficient (Wildman–Crippen LogP) is 4.08. The lowest BCUT2D eigenvalue weighted by molar-refractivity contribution is -0.144. The Morgan fingerprint density at radius 1 is 1.25 bits per heavy atom. The van der Waals surface area contributed by atoms with Crippen molar-refractivity contribution in [2.24, 2.45) is 29.1 Å². The highest BCUT2D eigenvalue weighted by atomic mass is 16.5. The molecule has 0 aromatic carbocycles. The predicted molar refractivity (Wildman–Crippen MR) is 124 cm³/mol. The van der Waals surface area contributed by atoms with E-state index in [0.717, 1.165) is 24.8 Å². The fraction of sp³-hybridized carbons (Fsp3) is 0.741. The largest absolute Gasteiger partial charge is 0.462 e. The number of hydrogen-bond acceptors (Lipinski definition) is 5. The summed E-state index contributed by atoms with van der Waals surface area (Å²) in [6.45, 7) is 10.7. The van der Waals surface area contributed by atoms with Gasteiger partial charge in [0.2, 0.25) is 0 Å². The van der Waals surface area contributed by atoms with Crippen LogP contribution in [0.3, 0.4) is 0 Å². The van der Waals surface area contributed by atoms with Gasteiger partial charge in [-0.05, 0) is 79.3 Å². The Morgan fingerprint density at radius 3 is 2.69 bits per heavy atom. The SMILES string of the molecule is C=C1/C(=C\C=C2CCC[C@@]3(C)C2CC[C@@H]3[C@H](C)CC2CC(C)C(=O)O2)C[C@@H](O)C(O)[C@H]1O. The highest BCUT2D eigenvalue weighted by Crippen LogP contribution is 2.60. The smallest absolute Gasteiger partial charge is 0.309 e. The molecule has 1 aliphatic heterocycles. The maximum Gasteiger partial charge on any atom is 0.309 e. The van der Waals surface area contributed by atoms with E-state index in [4.69, 9.17) is 4.74 Å². The van der Waals surface area contributed by atoms with Gasteiger partial charge in [-0.3, -0.25) is 4.79 Å². The summed E-state index contributed by atoms with van der Waals surface area (Å²) in [5.41, 5.74) is 3.06. The monoisotopic (exact) mass is 444 g/mol. The second kappa shape index (κ2) is 9.08. The van der Waals surface area contributed by atoms with E-state index < -0.39 is 18.3 Å². The van der Waals surface area contributed by atoms with Crippen molar-refractivity contribution in [1.82, 2.24) is 0 Å². The maximum absolute atomic E-state index is 11.8. The van der Waals surface area contributed by atoms with Gasteiger partial charge < -0.3 is 20.1 Å². The first-order valence-corrected chi connectivity index (χ1v) is 12.4. The van der Waals surface area contributed by atoms with Crippen LogP contribution in [-0.2, 0) is 9.53 Å². The summed E-state index contributed by atoms with van der Waals surface area (Å²) in [4.78, 5) is 11.8. The van der Waals surface area contributed by atoms with Crippen LogP contribution in [0, 0.1) is 29.1 Å². The zero-order chi connectivity index (χ0) is 23.2. The van der Waals surface area contributed by atoms with E-state index in [9.17, 15) is 20.1 Å². The van der Waals surface area contributed by atoms with Crippen molar-refractivity contribution < 1.29 is 24.9 Å². The Kier molecular flexibility index (Phi) is 6.73. The van der Waals surface area contributed by atoms with Crippen LogP contribution in [0.25, 0.3) is 0 Å². The lowest BCUT2D eigenvalue weighted by Crippen LogP contribution is -2.43. The standard InChI is InChI=1S/C27H40O5/c1-15(12-20-13-16(2)26(31)32-20)21-9-10-22-18(6-5-11-27(21,22)4)7-8-19-14-23(28)25(30)24(29)17(19)3/h7-8,15-16,20-25,28-30H,3,5-6,9-14H2,1-2,4H3/b18-7?,19-8-/t15-,16?,20?,21-,22?,23-,24+,25?,27-/m1/s1. The van der Waals surface area contributed by atoms with Gasteiger partial charge >= 0.3 is 5.97 Å². The molecule has 32 heavy (non-hydrogen) atoms. The average molecular weight is 445 g/mol. The lowest BCUT2D eigenvalue weighted by Gasteiger charge is -2.44. The molecule has 4 aliphatic rings. The Morgan fingerprint density at radius 2 is 2.00 bits per heavy atom. The normalized spacial score (nSPS) is 45.9. The fourth-order valence-electron chi connectivity index (χ4n) is 7.22. The molecule has 9 atom stereocenters. The van der Waals surface area contributed by atoms with Crippen molar-refractivity contribution in [3.05, 3.63) is 35.5 Å². The first-order chi connectivity index (χ1) is 15.1. The van der Waals surface area contributed by atoms with Crippen molar-refractivity contribution in [2.45, 2.75) is 96.6 Å². The van der Waals surface area contributed by atoms with Crippen molar-refractivity contribution in [3.8, 4) is 0 Å². The second-order valence-electron chi connectivity index (χ2n) is 11.2. The van der Waals surface area contributed by atoms with Gasteiger partial charge in [0.15, 0.2) is 0 Å². The number of aliphatic hydroxyl groups is 3. The number of rotatable bonds is 4. The van der Waals surface area contributed by atoms with Crippen molar-refractivity contribution >= 4 is 5.97 Å². The third kappa shape index (κ3) is 4.24. The summed E-state index contributed by atoms with van der Waals surface area (Å²) in [6.07, 6.45) is 9.08. The Bertz CT molecular complexity index is 813. The Hall–Kier alpha value is -1.43. The summed E-state index contributed by atoms with van der Waals surface area (Å²) >= 11 is 0. The molecule has 1 saturated heterocycles. The molecule has 0 amide bonds. The number of ether oxygens (including phenoxy) is 1. The number of fused-ring (bicyclic) bond motifs is 1. The quantitative estimate of drug-likeness (QED) is 0.569. The van der Waals surface area contributed by atoms with Crippen molar-refractivity contribution in [2.75, 3.05) is 0 Å².